The van der Waals surface area contributed by atoms with Crippen molar-refractivity contribution in [3.63, 3.8) is 0 Å². The summed E-state index contributed by atoms with van der Waals surface area (Å²) in [6.07, 6.45) is 0. The van der Waals surface area contributed by atoms with E-state index in [4.69, 9.17) is 0 Å². The first kappa shape index (κ1) is 12.9. The number of H-pyrrole nitrogens is 1. The van der Waals surface area contributed by atoms with Gasteiger partial charge in [-0.2, -0.15) is 5.10 Å². The van der Waals surface area contributed by atoms with Gasteiger partial charge in [0.05, 0.1) is 12.1 Å². The van der Waals surface area contributed by atoms with Crippen molar-refractivity contribution in [3.05, 3.63) is 52.3 Å². The van der Waals surface area contributed by atoms with Gasteiger partial charge in [0.15, 0.2) is 5.69 Å². The van der Waals surface area contributed by atoms with Crippen LogP contribution in [0.15, 0.2) is 41.8 Å². The monoisotopic (exact) mass is 285 g/mol. The molecule has 3 aromatic rings. The maximum atomic E-state index is 12.6. The standard InChI is InChI=1S/C15H15N3OS/c1-2-18(10-11-6-5-9-20-11)15(19)14-12-7-3-4-8-13(12)16-17-14/h3-9H,2,10H2,1H3,(H,16,17). The van der Waals surface area contributed by atoms with Gasteiger partial charge < -0.3 is 4.90 Å². The van der Waals surface area contributed by atoms with Gasteiger partial charge >= 0.3 is 0 Å². The van der Waals surface area contributed by atoms with E-state index in [1.54, 1.807) is 11.3 Å². The molecule has 1 amide bonds. The van der Waals surface area contributed by atoms with Crippen LogP contribution in [0.3, 0.4) is 0 Å². The maximum Gasteiger partial charge on any atom is 0.275 e. The molecule has 0 aliphatic heterocycles. The van der Waals surface area contributed by atoms with Crippen LogP contribution in [-0.4, -0.2) is 27.5 Å². The van der Waals surface area contributed by atoms with Gasteiger partial charge in [-0.3, -0.25) is 9.89 Å². The molecule has 20 heavy (non-hydrogen) atoms. The van der Waals surface area contributed by atoms with Crippen LogP contribution in [0, 0.1) is 0 Å². The zero-order chi connectivity index (χ0) is 13.9. The molecule has 1 N–H and O–H groups in total. The second-order valence-electron chi connectivity index (χ2n) is 4.52. The fraction of sp³-hybridized carbons (Fsp3) is 0.200. The van der Waals surface area contributed by atoms with Gasteiger partial charge in [0.25, 0.3) is 5.91 Å². The summed E-state index contributed by atoms with van der Waals surface area (Å²) in [4.78, 5) is 15.6. The second kappa shape index (κ2) is 5.46. The number of aromatic amines is 1. The first-order valence-electron chi connectivity index (χ1n) is 6.54. The van der Waals surface area contributed by atoms with E-state index in [0.29, 0.717) is 18.8 Å². The molecule has 0 radical (unpaired) electrons. The number of rotatable bonds is 4. The number of amides is 1. The van der Waals surface area contributed by atoms with Gasteiger partial charge in [-0.05, 0) is 24.4 Å². The molecule has 0 bridgehead atoms. The third kappa shape index (κ3) is 2.32. The lowest BCUT2D eigenvalue weighted by Crippen LogP contribution is -2.30. The summed E-state index contributed by atoms with van der Waals surface area (Å²) in [5.74, 6) is -0.0293. The van der Waals surface area contributed by atoms with Gasteiger partial charge in [0, 0.05) is 16.8 Å². The largest absolute Gasteiger partial charge is 0.332 e. The number of nitrogens with zero attached hydrogens (tertiary/aromatic N) is 2. The number of nitrogens with one attached hydrogen (secondary N) is 1. The Morgan fingerprint density at radius 2 is 2.15 bits per heavy atom. The number of fused-ring (bicyclic) bond motifs is 1. The van der Waals surface area contributed by atoms with Crippen molar-refractivity contribution in [1.29, 1.82) is 0 Å². The molecule has 0 saturated carbocycles. The smallest absolute Gasteiger partial charge is 0.275 e. The van der Waals surface area contributed by atoms with Crippen LogP contribution in [0.5, 0.6) is 0 Å². The summed E-state index contributed by atoms with van der Waals surface area (Å²) in [6, 6.07) is 11.7. The molecule has 5 heteroatoms. The maximum absolute atomic E-state index is 12.6. The van der Waals surface area contributed by atoms with Gasteiger partial charge in [0.1, 0.15) is 0 Å². The minimum atomic E-state index is -0.0293. The quantitative estimate of drug-likeness (QED) is 0.799. The van der Waals surface area contributed by atoms with E-state index in [2.05, 4.69) is 10.2 Å². The number of para-hydroxylation sites is 1. The first-order valence-corrected chi connectivity index (χ1v) is 7.42. The van der Waals surface area contributed by atoms with Crippen molar-refractivity contribution in [2.24, 2.45) is 0 Å². The highest BCUT2D eigenvalue weighted by atomic mass is 32.1. The lowest BCUT2D eigenvalue weighted by atomic mass is 10.2. The van der Waals surface area contributed by atoms with Crippen molar-refractivity contribution in [3.8, 4) is 0 Å². The number of hydrogen-bond acceptors (Lipinski definition) is 3. The SMILES string of the molecule is CCN(Cc1cccs1)C(=O)c1n[nH]c2ccccc12. The fourth-order valence-corrected chi connectivity index (χ4v) is 2.91. The van der Waals surface area contributed by atoms with Crippen molar-refractivity contribution in [2.75, 3.05) is 6.54 Å². The average Bonchev–Trinajstić information content (AvgIpc) is 3.13. The molecule has 2 heterocycles. The molecule has 0 fully saturated rings. The minimum absolute atomic E-state index is 0.0293. The van der Waals surface area contributed by atoms with Crippen molar-refractivity contribution in [1.82, 2.24) is 15.1 Å². The number of thiophene rings is 1. The van der Waals surface area contributed by atoms with Crippen LogP contribution >= 0.6 is 11.3 Å². The van der Waals surface area contributed by atoms with E-state index in [1.165, 1.54) is 4.88 Å². The number of benzene rings is 1. The van der Waals surface area contributed by atoms with Crippen molar-refractivity contribution in [2.45, 2.75) is 13.5 Å². The van der Waals surface area contributed by atoms with Crippen LogP contribution in [-0.2, 0) is 6.54 Å². The number of carbonyl (C=O) groups excluding carboxylic acids is 1. The van der Waals surface area contributed by atoms with Crippen molar-refractivity contribution >= 4 is 28.1 Å². The average molecular weight is 285 g/mol. The Morgan fingerprint density at radius 1 is 1.30 bits per heavy atom. The molecule has 0 aliphatic carbocycles. The van der Waals surface area contributed by atoms with Crippen LogP contribution < -0.4 is 0 Å². The highest BCUT2D eigenvalue weighted by Crippen LogP contribution is 2.19. The minimum Gasteiger partial charge on any atom is -0.332 e. The Hall–Kier alpha value is -2.14. The Kier molecular flexibility index (Phi) is 3.52. The topological polar surface area (TPSA) is 49.0 Å². The highest BCUT2D eigenvalue weighted by molar-refractivity contribution is 7.09. The van der Waals surface area contributed by atoms with Crippen LogP contribution in [0.1, 0.15) is 22.3 Å². The van der Waals surface area contributed by atoms with Gasteiger partial charge in [-0.15, -0.1) is 11.3 Å². The van der Waals surface area contributed by atoms with E-state index < -0.39 is 0 Å². The molecule has 0 aliphatic rings. The third-order valence-electron chi connectivity index (χ3n) is 3.27. The summed E-state index contributed by atoms with van der Waals surface area (Å²) in [5.41, 5.74) is 1.39. The zero-order valence-electron chi connectivity index (χ0n) is 11.2. The van der Waals surface area contributed by atoms with E-state index in [0.717, 1.165) is 10.9 Å². The lowest BCUT2D eigenvalue weighted by Gasteiger charge is -2.19. The van der Waals surface area contributed by atoms with Gasteiger partial charge in [-0.25, -0.2) is 0 Å². The molecule has 3 rings (SSSR count). The normalized spacial score (nSPS) is 10.8. The third-order valence-corrected chi connectivity index (χ3v) is 4.13. The van der Waals surface area contributed by atoms with E-state index in [1.807, 2.05) is 53.6 Å². The van der Waals surface area contributed by atoms with E-state index >= 15 is 0 Å². The Balaban J connectivity index is 1.90. The number of hydrogen-bond donors (Lipinski definition) is 1. The summed E-state index contributed by atoms with van der Waals surface area (Å²) in [7, 11) is 0. The summed E-state index contributed by atoms with van der Waals surface area (Å²) in [6.45, 7) is 3.28. The summed E-state index contributed by atoms with van der Waals surface area (Å²) < 4.78 is 0. The van der Waals surface area contributed by atoms with Crippen LogP contribution in [0.4, 0.5) is 0 Å². The molecule has 4 nitrogen and oxygen atoms in total. The molecular formula is C15H15N3OS. The van der Waals surface area contributed by atoms with Gasteiger partial charge in [0.2, 0.25) is 0 Å². The van der Waals surface area contributed by atoms with E-state index in [-0.39, 0.29) is 5.91 Å². The fourth-order valence-electron chi connectivity index (χ4n) is 2.19. The molecule has 0 atom stereocenters. The predicted octanol–water partition coefficient (Wildman–Crippen LogP) is 3.29. The predicted molar refractivity (Wildman–Crippen MR) is 80.8 cm³/mol. The number of aromatic nitrogens is 2. The Labute approximate surface area is 121 Å². The molecule has 0 spiro atoms. The number of carbonyl (C=O) groups is 1. The van der Waals surface area contributed by atoms with Gasteiger partial charge in [-0.1, -0.05) is 24.3 Å². The Bertz CT molecular complexity index is 718. The zero-order valence-corrected chi connectivity index (χ0v) is 12.0. The first-order chi connectivity index (χ1) is 9.79. The van der Waals surface area contributed by atoms with Crippen molar-refractivity contribution < 1.29 is 4.79 Å². The molecule has 1 aromatic carbocycles. The molecule has 2 aromatic heterocycles. The molecular weight excluding hydrogens is 270 g/mol. The molecule has 0 unspecified atom stereocenters. The summed E-state index contributed by atoms with van der Waals surface area (Å²) >= 11 is 1.66. The van der Waals surface area contributed by atoms with Crippen LogP contribution in [0.2, 0.25) is 0 Å². The van der Waals surface area contributed by atoms with Crippen LogP contribution in [0.25, 0.3) is 10.9 Å². The Morgan fingerprint density at radius 3 is 2.90 bits per heavy atom. The lowest BCUT2D eigenvalue weighted by molar-refractivity contribution is 0.0750. The van der Waals surface area contributed by atoms with E-state index in [9.17, 15) is 4.79 Å². The highest BCUT2D eigenvalue weighted by Gasteiger charge is 2.20. The molecule has 0 saturated heterocycles. The molecule has 102 valence electrons. The second-order valence-corrected chi connectivity index (χ2v) is 5.55. The summed E-state index contributed by atoms with van der Waals surface area (Å²) in [5, 5.41) is 9.99.